The summed E-state index contributed by atoms with van der Waals surface area (Å²) in [4.78, 5) is 11.5. The fourth-order valence-corrected chi connectivity index (χ4v) is 2.18. The van der Waals surface area contributed by atoms with E-state index in [0.29, 0.717) is 13.0 Å². The Bertz CT molecular complexity index is 438. The molecular formula is C10H10ClNO3S. The predicted octanol–water partition coefficient (Wildman–Crippen LogP) is 1.06. The molecule has 2 atom stereocenters. The topological polar surface area (TPSA) is 55.4 Å². The first kappa shape index (κ1) is 11.6. The second-order valence-electron chi connectivity index (χ2n) is 3.50. The van der Waals surface area contributed by atoms with Crippen molar-refractivity contribution >= 4 is 26.9 Å². The molecule has 0 spiro atoms. The van der Waals surface area contributed by atoms with Gasteiger partial charge in [0.1, 0.15) is 6.04 Å². The van der Waals surface area contributed by atoms with Gasteiger partial charge in [0.05, 0.1) is 0 Å². The van der Waals surface area contributed by atoms with Crippen LogP contribution >= 0.6 is 10.7 Å². The third kappa shape index (κ3) is 2.61. The second-order valence-corrected chi connectivity index (χ2v) is 4.81. The van der Waals surface area contributed by atoms with Crippen LogP contribution in [0.5, 0.6) is 0 Å². The summed E-state index contributed by atoms with van der Waals surface area (Å²) in [5.41, 5.74) is 2.27. The molecule has 0 saturated heterocycles. The minimum Gasteiger partial charge on any atom is -0.351 e. The van der Waals surface area contributed by atoms with Gasteiger partial charge in [0.25, 0.3) is 0 Å². The first-order valence-electron chi connectivity index (χ1n) is 4.77. The van der Waals surface area contributed by atoms with E-state index in [1.807, 2.05) is 24.3 Å². The van der Waals surface area contributed by atoms with Gasteiger partial charge in [0, 0.05) is 17.2 Å². The molecule has 0 fully saturated rings. The molecule has 4 nitrogen and oxygen atoms in total. The molecular weight excluding hydrogens is 250 g/mol. The molecule has 0 amide bonds. The first-order chi connectivity index (χ1) is 7.66. The van der Waals surface area contributed by atoms with Crippen molar-refractivity contribution < 1.29 is 13.2 Å². The van der Waals surface area contributed by atoms with Gasteiger partial charge in [-0.15, -0.1) is 0 Å². The van der Waals surface area contributed by atoms with Gasteiger partial charge in [-0.2, -0.15) is 4.21 Å². The minimum atomic E-state index is -2.07. The average molecular weight is 260 g/mol. The molecule has 1 aliphatic rings. The molecule has 0 aromatic heterocycles. The lowest BCUT2D eigenvalue weighted by atomic mass is 9.96. The number of halogens is 1. The Morgan fingerprint density at radius 2 is 2.12 bits per heavy atom. The van der Waals surface area contributed by atoms with Crippen LogP contribution in [0.2, 0.25) is 0 Å². The van der Waals surface area contributed by atoms with Crippen LogP contribution < -0.4 is 5.32 Å². The summed E-state index contributed by atoms with van der Waals surface area (Å²) in [6.45, 7) is 0.602. The van der Waals surface area contributed by atoms with E-state index in [9.17, 15) is 9.00 Å². The summed E-state index contributed by atoms with van der Waals surface area (Å²) in [5, 5.41) is 3.01. The van der Waals surface area contributed by atoms with Crippen LogP contribution in [0.25, 0.3) is 0 Å². The van der Waals surface area contributed by atoms with Gasteiger partial charge in [-0.1, -0.05) is 24.3 Å². The van der Waals surface area contributed by atoms with Gasteiger partial charge in [0.15, 0.2) is 0 Å². The smallest absolute Gasteiger partial charge is 0.338 e. The fraction of sp³-hybridized carbons (Fsp3) is 0.300. The van der Waals surface area contributed by atoms with Crippen molar-refractivity contribution in [1.29, 1.82) is 0 Å². The van der Waals surface area contributed by atoms with Gasteiger partial charge >= 0.3 is 16.3 Å². The summed E-state index contributed by atoms with van der Waals surface area (Å²) in [6, 6.07) is 7.37. The Morgan fingerprint density at radius 3 is 2.81 bits per heavy atom. The van der Waals surface area contributed by atoms with Gasteiger partial charge in [0.2, 0.25) is 0 Å². The lowest BCUT2D eigenvalue weighted by Crippen LogP contribution is -2.42. The van der Waals surface area contributed by atoms with E-state index in [-0.39, 0.29) is 0 Å². The molecule has 2 unspecified atom stereocenters. The number of benzene rings is 1. The monoisotopic (exact) mass is 259 g/mol. The largest absolute Gasteiger partial charge is 0.351 e. The van der Waals surface area contributed by atoms with Gasteiger partial charge < -0.3 is 4.18 Å². The zero-order valence-electron chi connectivity index (χ0n) is 8.31. The van der Waals surface area contributed by atoms with Crippen molar-refractivity contribution in [3.63, 3.8) is 0 Å². The number of carbonyl (C=O) groups excluding carboxylic acids is 1. The number of fused-ring (bicyclic) bond motifs is 1. The molecule has 0 saturated carbocycles. The van der Waals surface area contributed by atoms with Crippen molar-refractivity contribution in [1.82, 2.24) is 5.32 Å². The van der Waals surface area contributed by atoms with Crippen molar-refractivity contribution in [2.24, 2.45) is 0 Å². The Labute approximate surface area is 100 Å². The summed E-state index contributed by atoms with van der Waals surface area (Å²) in [5.74, 6) is -0.581. The first-order valence-corrected chi connectivity index (χ1v) is 6.67. The Hall–Kier alpha value is -0.910. The third-order valence-corrected chi connectivity index (χ3v) is 3.00. The molecule has 1 heterocycles. The van der Waals surface area contributed by atoms with Gasteiger partial charge in [-0.3, -0.25) is 5.32 Å². The van der Waals surface area contributed by atoms with E-state index in [4.69, 9.17) is 10.7 Å². The van der Waals surface area contributed by atoms with Crippen molar-refractivity contribution in [2.75, 3.05) is 0 Å². The molecule has 6 heteroatoms. The molecule has 0 aliphatic carbocycles. The Kier molecular flexibility index (Phi) is 3.58. The van der Waals surface area contributed by atoms with Crippen LogP contribution in [-0.4, -0.2) is 16.2 Å². The van der Waals surface area contributed by atoms with Crippen LogP contribution in [0, 0.1) is 0 Å². The number of nitrogens with one attached hydrogen (secondary N) is 1. The van der Waals surface area contributed by atoms with Crippen LogP contribution in [0.15, 0.2) is 24.3 Å². The highest BCUT2D eigenvalue weighted by atomic mass is 35.7. The van der Waals surface area contributed by atoms with E-state index >= 15 is 0 Å². The highest BCUT2D eigenvalue weighted by Crippen LogP contribution is 2.17. The number of carbonyl (C=O) groups is 1. The van der Waals surface area contributed by atoms with E-state index in [1.54, 1.807) is 0 Å². The zero-order chi connectivity index (χ0) is 11.5. The quantitative estimate of drug-likeness (QED) is 0.807. The maximum absolute atomic E-state index is 11.5. The Morgan fingerprint density at radius 1 is 1.44 bits per heavy atom. The van der Waals surface area contributed by atoms with Crippen LogP contribution in [0.4, 0.5) is 0 Å². The van der Waals surface area contributed by atoms with Crippen LogP contribution in [-0.2, 0) is 32.2 Å². The van der Waals surface area contributed by atoms with Crippen LogP contribution in [0.3, 0.4) is 0 Å². The standard InChI is InChI=1S/C10H10ClNO3S/c11-16(14)15-10(13)9-5-7-3-1-2-4-8(7)6-12-9/h1-4,9,12H,5-6H2. The summed E-state index contributed by atoms with van der Waals surface area (Å²) in [7, 11) is 3.02. The molecule has 1 N–H and O–H groups in total. The van der Waals surface area contributed by atoms with Gasteiger partial charge in [-0.05, 0) is 17.5 Å². The number of hydrogen-bond acceptors (Lipinski definition) is 4. The predicted molar refractivity (Wildman–Crippen MR) is 60.9 cm³/mol. The van der Waals surface area contributed by atoms with Crippen molar-refractivity contribution in [3.05, 3.63) is 35.4 Å². The SMILES string of the molecule is O=C(OS(=O)Cl)C1Cc2ccccc2CN1. The third-order valence-electron chi connectivity index (χ3n) is 2.51. The average Bonchev–Trinajstić information content (AvgIpc) is 2.27. The molecule has 2 rings (SSSR count). The summed E-state index contributed by atoms with van der Waals surface area (Å²) >= 11 is 0. The maximum atomic E-state index is 11.5. The highest BCUT2D eigenvalue weighted by Gasteiger charge is 2.26. The summed E-state index contributed by atoms with van der Waals surface area (Å²) < 4.78 is 15.0. The highest BCUT2D eigenvalue weighted by molar-refractivity contribution is 8.04. The lowest BCUT2D eigenvalue weighted by molar-refractivity contribution is -0.135. The van der Waals surface area contributed by atoms with Crippen molar-refractivity contribution in [3.8, 4) is 0 Å². The lowest BCUT2D eigenvalue weighted by Gasteiger charge is -2.23. The minimum absolute atomic E-state index is 0.474. The van der Waals surface area contributed by atoms with Crippen LogP contribution in [0.1, 0.15) is 11.1 Å². The zero-order valence-corrected chi connectivity index (χ0v) is 9.88. The van der Waals surface area contributed by atoms with Gasteiger partial charge in [-0.25, -0.2) is 4.79 Å². The normalized spacial score (nSPS) is 20.9. The molecule has 86 valence electrons. The molecule has 1 aromatic rings. The molecule has 1 aliphatic heterocycles. The number of rotatable bonds is 2. The van der Waals surface area contributed by atoms with Crippen molar-refractivity contribution in [2.45, 2.75) is 19.0 Å². The molecule has 0 radical (unpaired) electrons. The molecule has 16 heavy (non-hydrogen) atoms. The fourth-order valence-electron chi connectivity index (χ4n) is 1.74. The maximum Gasteiger partial charge on any atom is 0.338 e. The Balaban J connectivity index is 2.08. The van der Waals surface area contributed by atoms with E-state index < -0.39 is 22.3 Å². The van der Waals surface area contributed by atoms with E-state index in [0.717, 1.165) is 5.56 Å². The second kappa shape index (κ2) is 4.95. The number of hydrogen-bond donors (Lipinski definition) is 1. The molecule has 1 aromatic carbocycles. The molecule has 0 bridgehead atoms. The van der Waals surface area contributed by atoms with E-state index in [2.05, 4.69) is 9.50 Å². The van der Waals surface area contributed by atoms with E-state index in [1.165, 1.54) is 5.56 Å². The summed E-state index contributed by atoms with van der Waals surface area (Å²) in [6.07, 6.45) is 0.531.